The molecule has 1 saturated carbocycles. The summed E-state index contributed by atoms with van der Waals surface area (Å²) in [5.74, 6) is 0.730. The highest BCUT2D eigenvalue weighted by molar-refractivity contribution is 5.87. The second-order valence-electron chi connectivity index (χ2n) is 5.85. The molecule has 3 N–H and O–H groups in total. The fraction of sp³-hybridized carbons (Fsp3) is 0.562. The molecule has 20 heavy (non-hydrogen) atoms. The quantitative estimate of drug-likeness (QED) is 0.899. The third kappa shape index (κ3) is 2.84. The molecule has 0 aliphatic heterocycles. The molecule has 0 heterocycles. The maximum atomic E-state index is 12.4. The summed E-state index contributed by atoms with van der Waals surface area (Å²) in [5, 5.41) is 3.24. The molecule has 110 valence electrons. The van der Waals surface area contributed by atoms with Crippen molar-refractivity contribution in [2.24, 2.45) is 11.7 Å². The Balaban J connectivity index is 0.00000147. The van der Waals surface area contributed by atoms with E-state index in [0.29, 0.717) is 18.5 Å². The topological polar surface area (TPSA) is 55.1 Å². The number of benzene rings is 1. The van der Waals surface area contributed by atoms with E-state index < -0.39 is 0 Å². The molecule has 1 aromatic carbocycles. The average Bonchev–Trinajstić information content (AvgIpc) is 2.41. The number of halogens is 1. The predicted octanol–water partition coefficient (Wildman–Crippen LogP) is 2.38. The van der Waals surface area contributed by atoms with E-state index in [1.807, 2.05) is 12.1 Å². The first-order valence-electron chi connectivity index (χ1n) is 7.38. The van der Waals surface area contributed by atoms with E-state index in [4.69, 9.17) is 5.73 Å². The number of carbonyl (C=O) groups is 1. The Morgan fingerprint density at radius 2 is 2.00 bits per heavy atom. The number of nitrogens with two attached hydrogens (primary N) is 1. The van der Waals surface area contributed by atoms with Crippen LogP contribution in [-0.4, -0.2) is 18.5 Å². The number of carbonyl (C=O) groups excluding carboxylic acids is 1. The number of amides is 1. The third-order valence-electron chi connectivity index (χ3n) is 4.71. The van der Waals surface area contributed by atoms with Crippen LogP contribution >= 0.6 is 12.4 Å². The normalized spacial score (nSPS) is 27.8. The molecule has 3 unspecified atom stereocenters. The van der Waals surface area contributed by atoms with Gasteiger partial charge < -0.3 is 11.1 Å². The van der Waals surface area contributed by atoms with E-state index in [2.05, 4.69) is 17.4 Å². The van der Waals surface area contributed by atoms with Crippen molar-refractivity contribution in [2.75, 3.05) is 6.54 Å². The predicted molar refractivity (Wildman–Crippen MR) is 83.1 cm³/mol. The zero-order valence-electron chi connectivity index (χ0n) is 11.7. The molecule has 0 radical (unpaired) electrons. The Bertz CT molecular complexity index is 477. The van der Waals surface area contributed by atoms with Gasteiger partial charge in [0.25, 0.3) is 0 Å². The van der Waals surface area contributed by atoms with Gasteiger partial charge in [-0.15, -0.1) is 12.4 Å². The summed E-state index contributed by atoms with van der Waals surface area (Å²) in [4.78, 5) is 12.4. The van der Waals surface area contributed by atoms with Gasteiger partial charge in [0.1, 0.15) is 0 Å². The lowest BCUT2D eigenvalue weighted by molar-refractivity contribution is -0.124. The lowest BCUT2D eigenvalue weighted by atomic mass is 9.76. The maximum absolute atomic E-state index is 12.4. The molecule has 3 atom stereocenters. The molecule has 4 heteroatoms. The van der Waals surface area contributed by atoms with Gasteiger partial charge in [0.15, 0.2) is 0 Å². The van der Waals surface area contributed by atoms with Crippen molar-refractivity contribution >= 4 is 18.3 Å². The maximum Gasteiger partial charge on any atom is 0.228 e. The van der Waals surface area contributed by atoms with Gasteiger partial charge in [-0.25, -0.2) is 0 Å². The highest BCUT2D eigenvalue weighted by Gasteiger charge is 2.34. The molecule has 0 saturated heterocycles. The minimum absolute atomic E-state index is 0. The van der Waals surface area contributed by atoms with Crippen molar-refractivity contribution < 1.29 is 4.79 Å². The number of hydrogen-bond acceptors (Lipinski definition) is 2. The lowest BCUT2D eigenvalue weighted by Gasteiger charge is -2.35. The van der Waals surface area contributed by atoms with Gasteiger partial charge in [-0.05, 0) is 42.9 Å². The van der Waals surface area contributed by atoms with E-state index in [1.165, 1.54) is 24.0 Å². The zero-order valence-corrected chi connectivity index (χ0v) is 12.5. The van der Waals surface area contributed by atoms with Gasteiger partial charge in [-0.3, -0.25) is 4.79 Å². The summed E-state index contributed by atoms with van der Waals surface area (Å²) in [5.41, 5.74) is 8.35. The van der Waals surface area contributed by atoms with E-state index in [9.17, 15) is 4.79 Å². The van der Waals surface area contributed by atoms with Gasteiger partial charge in [0, 0.05) is 6.04 Å². The number of nitrogens with one attached hydrogen (secondary N) is 1. The molecule has 2 aliphatic rings. The first-order valence-corrected chi connectivity index (χ1v) is 7.38. The highest BCUT2D eigenvalue weighted by atomic mass is 35.5. The molecule has 1 fully saturated rings. The zero-order chi connectivity index (χ0) is 13.2. The van der Waals surface area contributed by atoms with Crippen LogP contribution in [0.3, 0.4) is 0 Å². The minimum Gasteiger partial charge on any atom is -0.353 e. The molecular weight excluding hydrogens is 272 g/mol. The van der Waals surface area contributed by atoms with Crippen LogP contribution < -0.4 is 11.1 Å². The van der Waals surface area contributed by atoms with Gasteiger partial charge in [0.2, 0.25) is 5.91 Å². The van der Waals surface area contributed by atoms with Gasteiger partial charge in [-0.1, -0.05) is 37.1 Å². The van der Waals surface area contributed by atoms with E-state index in [-0.39, 0.29) is 24.2 Å². The monoisotopic (exact) mass is 294 g/mol. The van der Waals surface area contributed by atoms with Crippen LogP contribution in [0.2, 0.25) is 0 Å². The first-order chi connectivity index (χ1) is 9.29. The van der Waals surface area contributed by atoms with Crippen molar-refractivity contribution in [1.29, 1.82) is 0 Å². The van der Waals surface area contributed by atoms with E-state index in [1.54, 1.807) is 0 Å². The number of rotatable bonds is 3. The molecule has 1 amide bonds. The highest BCUT2D eigenvalue weighted by Crippen LogP contribution is 2.35. The van der Waals surface area contributed by atoms with E-state index in [0.717, 1.165) is 19.3 Å². The Morgan fingerprint density at radius 3 is 2.75 bits per heavy atom. The summed E-state index contributed by atoms with van der Waals surface area (Å²) < 4.78 is 0. The average molecular weight is 295 g/mol. The van der Waals surface area contributed by atoms with Crippen molar-refractivity contribution in [3.05, 3.63) is 35.4 Å². The molecule has 1 aromatic rings. The first kappa shape index (κ1) is 15.3. The molecule has 2 aliphatic carbocycles. The van der Waals surface area contributed by atoms with Crippen LogP contribution in [0.15, 0.2) is 24.3 Å². The Labute approximate surface area is 126 Å². The molecular formula is C16H23ClN2O. The van der Waals surface area contributed by atoms with Gasteiger partial charge >= 0.3 is 0 Å². The summed E-state index contributed by atoms with van der Waals surface area (Å²) in [6.45, 7) is 0.687. The van der Waals surface area contributed by atoms with Crippen molar-refractivity contribution in [1.82, 2.24) is 5.32 Å². The fourth-order valence-corrected chi connectivity index (χ4v) is 3.46. The van der Waals surface area contributed by atoms with Gasteiger partial charge in [0.05, 0.1) is 5.92 Å². The summed E-state index contributed by atoms with van der Waals surface area (Å²) >= 11 is 0. The number of fused-ring (bicyclic) bond motifs is 1. The van der Waals surface area contributed by atoms with E-state index >= 15 is 0 Å². The van der Waals surface area contributed by atoms with Crippen LogP contribution in [0.1, 0.15) is 42.7 Å². The Kier molecular flexibility index (Phi) is 5.06. The second kappa shape index (κ2) is 6.59. The largest absolute Gasteiger partial charge is 0.353 e. The summed E-state index contributed by atoms with van der Waals surface area (Å²) in [6.07, 6.45) is 5.59. The van der Waals surface area contributed by atoms with Crippen molar-refractivity contribution in [3.8, 4) is 0 Å². The Morgan fingerprint density at radius 1 is 1.25 bits per heavy atom. The fourth-order valence-electron chi connectivity index (χ4n) is 3.46. The lowest BCUT2D eigenvalue weighted by Crippen LogP contribution is -2.47. The van der Waals surface area contributed by atoms with Crippen LogP contribution in [0.25, 0.3) is 0 Å². The standard InChI is InChI=1S/C16H22N2O.ClH/c17-10-12-6-2-4-8-15(12)18-16(19)14-9-11-5-1-3-7-13(11)14;/h1,3,5,7,12,14-15H,2,4,6,8-10,17H2,(H,18,19);1H. The SMILES string of the molecule is Cl.NCC1CCCCC1NC(=O)C1Cc2ccccc21. The number of hydrogen-bond donors (Lipinski definition) is 2. The molecule has 0 bridgehead atoms. The molecule has 0 spiro atoms. The minimum atomic E-state index is 0. The van der Waals surface area contributed by atoms with Crippen molar-refractivity contribution in [2.45, 2.75) is 44.1 Å². The molecule has 0 aromatic heterocycles. The molecule has 3 rings (SSSR count). The van der Waals surface area contributed by atoms with Crippen LogP contribution in [0.5, 0.6) is 0 Å². The summed E-state index contributed by atoms with van der Waals surface area (Å²) in [6, 6.07) is 8.53. The van der Waals surface area contributed by atoms with Crippen molar-refractivity contribution in [3.63, 3.8) is 0 Å². The molecule has 3 nitrogen and oxygen atoms in total. The third-order valence-corrected chi connectivity index (χ3v) is 4.71. The Hall–Kier alpha value is -1.06. The summed E-state index contributed by atoms with van der Waals surface area (Å²) in [7, 11) is 0. The van der Waals surface area contributed by atoms with Crippen LogP contribution in [0, 0.1) is 5.92 Å². The van der Waals surface area contributed by atoms with Gasteiger partial charge in [-0.2, -0.15) is 0 Å². The van der Waals surface area contributed by atoms with Crippen LogP contribution in [-0.2, 0) is 11.2 Å². The smallest absolute Gasteiger partial charge is 0.228 e. The second-order valence-corrected chi connectivity index (χ2v) is 5.85. The van der Waals surface area contributed by atoms with Crippen LogP contribution in [0.4, 0.5) is 0 Å².